The van der Waals surface area contributed by atoms with Crippen LogP contribution in [0.1, 0.15) is 23.7 Å². The molecular formula is C13H19N3O3. The largest absolute Gasteiger partial charge is 0.491 e. The quantitative estimate of drug-likeness (QED) is 0.654. The molecule has 1 rings (SSSR count). The van der Waals surface area contributed by atoms with Gasteiger partial charge in [0.25, 0.3) is 5.91 Å². The zero-order valence-electron chi connectivity index (χ0n) is 11.2. The third-order valence-electron chi connectivity index (χ3n) is 2.42. The van der Waals surface area contributed by atoms with Crippen molar-refractivity contribution in [3.05, 3.63) is 23.8 Å². The van der Waals surface area contributed by atoms with Crippen LogP contribution in [0.5, 0.6) is 5.75 Å². The van der Waals surface area contributed by atoms with Crippen molar-refractivity contribution in [1.29, 1.82) is 0 Å². The SMILES string of the molecule is CCCOc1ccc(C(=O)NCC(=O)NC)cc1N. The fraction of sp³-hybridized carbons (Fsp3) is 0.385. The number of carbonyl (C=O) groups is 2. The van der Waals surface area contributed by atoms with Crippen LogP contribution < -0.4 is 21.1 Å². The van der Waals surface area contributed by atoms with Gasteiger partial charge in [0.1, 0.15) is 5.75 Å². The fourth-order valence-electron chi connectivity index (χ4n) is 1.38. The summed E-state index contributed by atoms with van der Waals surface area (Å²) in [5, 5.41) is 4.91. The molecule has 2 amide bonds. The summed E-state index contributed by atoms with van der Waals surface area (Å²) in [6, 6.07) is 4.80. The number of nitrogens with two attached hydrogens (primary N) is 1. The zero-order chi connectivity index (χ0) is 14.3. The molecule has 0 atom stereocenters. The predicted octanol–water partition coefficient (Wildman–Crippen LogP) is 0.533. The van der Waals surface area contributed by atoms with E-state index >= 15 is 0 Å². The second-order valence-electron chi connectivity index (χ2n) is 3.96. The minimum Gasteiger partial charge on any atom is -0.491 e. The van der Waals surface area contributed by atoms with Crippen LogP contribution in [0.15, 0.2) is 18.2 Å². The van der Waals surface area contributed by atoms with Gasteiger partial charge in [0.2, 0.25) is 5.91 Å². The molecule has 0 aliphatic heterocycles. The summed E-state index contributed by atoms with van der Waals surface area (Å²) in [5.74, 6) is -0.0498. The number of rotatable bonds is 6. The van der Waals surface area contributed by atoms with E-state index in [1.54, 1.807) is 12.1 Å². The fourth-order valence-corrected chi connectivity index (χ4v) is 1.38. The lowest BCUT2D eigenvalue weighted by molar-refractivity contribution is -0.119. The number of hydrogen-bond acceptors (Lipinski definition) is 4. The first kappa shape index (κ1) is 14.8. The van der Waals surface area contributed by atoms with Gasteiger partial charge in [-0.3, -0.25) is 9.59 Å². The molecule has 6 nitrogen and oxygen atoms in total. The summed E-state index contributed by atoms with van der Waals surface area (Å²) in [4.78, 5) is 22.8. The Labute approximate surface area is 112 Å². The molecule has 0 saturated heterocycles. The molecule has 1 aromatic rings. The van der Waals surface area contributed by atoms with E-state index in [1.807, 2.05) is 6.92 Å². The molecule has 0 unspecified atom stereocenters. The Morgan fingerprint density at radius 2 is 2.11 bits per heavy atom. The highest BCUT2D eigenvalue weighted by molar-refractivity contribution is 5.97. The first-order chi connectivity index (χ1) is 9.08. The van der Waals surface area contributed by atoms with Crippen molar-refractivity contribution in [3.8, 4) is 5.75 Å². The van der Waals surface area contributed by atoms with Gasteiger partial charge in [0, 0.05) is 12.6 Å². The normalized spacial score (nSPS) is 9.79. The molecule has 0 radical (unpaired) electrons. The van der Waals surface area contributed by atoms with E-state index < -0.39 is 0 Å². The van der Waals surface area contributed by atoms with Gasteiger partial charge in [-0.15, -0.1) is 0 Å². The van der Waals surface area contributed by atoms with Crippen LogP contribution in [-0.2, 0) is 4.79 Å². The van der Waals surface area contributed by atoms with Crippen LogP contribution >= 0.6 is 0 Å². The minimum atomic E-state index is -0.350. The predicted molar refractivity (Wildman–Crippen MR) is 73.0 cm³/mol. The van der Waals surface area contributed by atoms with Crippen molar-refractivity contribution in [3.63, 3.8) is 0 Å². The molecule has 0 spiro atoms. The molecule has 0 aromatic heterocycles. The van der Waals surface area contributed by atoms with E-state index in [4.69, 9.17) is 10.5 Å². The zero-order valence-corrected chi connectivity index (χ0v) is 11.2. The Kier molecular flexibility index (Phi) is 5.66. The Morgan fingerprint density at radius 3 is 2.68 bits per heavy atom. The van der Waals surface area contributed by atoms with Crippen LogP contribution in [0, 0.1) is 0 Å². The molecule has 0 saturated carbocycles. The average molecular weight is 265 g/mol. The first-order valence-electron chi connectivity index (χ1n) is 6.09. The smallest absolute Gasteiger partial charge is 0.251 e. The van der Waals surface area contributed by atoms with E-state index in [-0.39, 0.29) is 18.4 Å². The Hall–Kier alpha value is -2.24. The molecule has 4 N–H and O–H groups in total. The number of likely N-dealkylation sites (N-methyl/N-ethyl adjacent to an activating group) is 1. The monoisotopic (exact) mass is 265 g/mol. The molecule has 6 heteroatoms. The van der Waals surface area contributed by atoms with Gasteiger partial charge in [-0.1, -0.05) is 6.92 Å². The summed E-state index contributed by atoms with van der Waals surface area (Å²) < 4.78 is 5.42. The maximum absolute atomic E-state index is 11.8. The summed E-state index contributed by atoms with van der Waals surface area (Å²) in [6.07, 6.45) is 0.883. The van der Waals surface area contributed by atoms with Gasteiger partial charge >= 0.3 is 0 Å². The highest BCUT2D eigenvalue weighted by atomic mass is 16.5. The molecule has 104 valence electrons. The molecule has 0 heterocycles. The highest BCUT2D eigenvalue weighted by Crippen LogP contribution is 2.22. The molecular weight excluding hydrogens is 246 g/mol. The number of hydrogen-bond donors (Lipinski definition) is 3. The third-order valence-corrected chi connectivity index (χ3v) is 2.42. The van der Waals surface area contributed by atoms with Crippen LogP contribution in [0.25, 0.3) is 0 Å². The van der Waals surface area contributed by atoms with Gasteiger partial charge in [-0.05, 0) is 24.6 Å². The number of nitrogens with one attached hydrogen (secondary N) is 2. The van der Waals surface area contributed by atoms with Gasteiger partial charge in [-0.2, -0.15) is 0 Å². The lowest BCUT2D eigenvalue weighted by Gasteiger charge is -2.09. The Bertz CT molecular complexity index is 460. The summed E-state index contributed by atoms with van der Waals surface area (Å²) in [7, 11) is 1.51. The molecule has 0 aliphatic carbocycles. The number of carbonyl (C=O) groups excluding carboxylic acids is 2. The standard InChI is InChI=1S/C13H19N3O3/c1-3-6-19-11-5-4-9(7-10(11)14)13(18)16-8-12(17)15-2/h4-5,7H,3,6,8,14H2,1-2H3,(H,15,17)(H,16,18). The van der Waals surface area contributed by atoms with E-state index in [9.17, 15) is 9.59 Å². The molecule has 0 fully saturated rings. The third kappa shape index (κ3) is 4.50. The van der Waals surface area contributed by atoms with Gasteiger partial charge in [0.05, 0.1) is 18.8 Å². The minimum absolute atomic E-state index is 0.0661. The van der Waals surface area contributed by atoms with Gasteiger partial charge in [0.15, 0.2) is 0 Å². The second-order valence-corrected chi connectivity index (χ2v) is 3.96. The van der Waals surface area contributed by atoms with Gasteiger partial charge < -0.3 is 21.1 Å². The maximum Gasteiger partial charge on any atom is 0.251 e. The van der Waals surface area contributed by atoms with E-state index in [2.05, 4.69) is 10.6 Å². The topological polar surface area (TPSA) is 93.4 Å². The van der Waals surface area contributed by atoms with Crippen LogP contribution in [0.2, 0.25) is 0 Å². The average Bonchev–Trinajstić information content (AvgIpc) is 2.42. The highest BCUT2D eigenvalue weighted by Gasteiger charge is 2.09. The lowest BCUT2D eigenvalue weighted by atomic mass is 10.1. The number of nitrogen functional groups attached to an aromatic ring is 1. The van der Waals surface area contributed by atoms with Crippen LogP contribution in [0.4, 0.5) is 5.69 Å². The van der Waals surface area contributed by atoms with E-state index in [1.165, 1.54) is 13.1 Å². The lowest BCUT2D eigenvalue weighted by Crippen LogP contribution is -2.35. The number of anilines is 1. The first-order valence-corrected chi connectivity index (χ1v) is 6.09. The maximum atomic E-state index is 11.8. The molecule has 19 heavy (non-hydrogen) atoms. The van der Waals surface area contributed by atoms with E-state index in [0.717, 1.165) is 6.42 Å². The van der Waals surface area contributed by atoms with Crippen LogP contribution in [0.3, 0.4) is 0 Å². The summed E-state index contributed by atoms with van der Waals surface area (Å²) in [6.45, 7) is 2.51. The van der Waals surface area contributed by atoms with Crippen LogP contribution in [-0.4, -0.2) is 32.0 Å². The van der Waals surface area contributed by atoms with Crippen molar-refractivity contribution < 1.29 is 14.3 Å². The number of benzene rings is 1. The van der Waals surface area contributed by atoms with E-state index in [0.29, 0.717) is 23.6 Å². The summed E-state index contributed by atoms with van der Waals surface area (Å²) in [5.41, 5.74) is 6.60. The summed E-state index contributed by atoms with van der Waals surface area (Å²) >= 11 is 0. The molecule has 0 bridgehead atoms. The van der Waals surface area contributed by atoms with Crippen molar-refractivity contribution in [2.75, 3.05) is 25.9 Å². The number of ether oxygens (including phenoxy) is 1. The van der Waals surface area contributed by atoms with Crippen molar-refractivity contribution in [1.82, 2.24) is 10.6 Å². The van der Waals surface area contributed by atoms with Crippen molar-refractivity contribution in [2.45, 2.75) is 13.3 Å². The Balaban J connectivity index is 2.66. The molecule has 1 aromatic carbocycles. The second kappa shape index (κ2) is 7.25. The number of amides is 2. The van der Waals surface area contributed by atoms with Gasteiger partial charge in [-0.25, -0.2) is 0 Å². The van der Waals surface area contributed by atoms with Crippen molar-refractivity contribution >= 4 is 17.5 Å². The Morgan fingerprint density at radius 1 is 1.37 bits per heavy atom. The van der Waals surface area contributed by atoms with Crippen molar-refractivity contribution in [2.24, 2.45) is 0 Å². The molecule has 0 aliphatic rings.